The first-order chi connectivity index (χ1) is 26.8. The van der Waals surface area contributed by atoms with Crippen LogP contribution in [0.4, 0.5) is 0 Å². The van der Waals surface area contributed by atoms with Gasteiger partial charge in [0.05, 0.1) is 24.9 Å². The lowest BCUT2D eigenvalue weighted by Crippen LogP contribution is -2.68. The Morgan fingerprint density at radius 3 is 2.61 bits per heavy atom. The van der Waals surface area contributed by atoms with Gasteiger partial charge in [0, 0.05) is 76.6 Å². The first-order valence-electron chi connectivity index (χ1n) is 19.1. The number of hydrogen-bond acceptors (Lipinski definition) is 13. The number of aromatic amines is 1. The second kappa shape index (κ2) is 13.3. The normalized spacial score (nSPS) is 28.7. The standard InChI is InChI=1S/C42H48N4O9S/c1-20-12-25-14-41(50)17-45(6)33(32(25)34(48)35(20)51-7)30-16-56-18-42(39-27(13-21(2)44-42)26-10-8-9-11-28(26)43-39)40(49)52-15-29(46(30)41)31-22(3)36(55-24(5)47)23(4)37-38(31)54-19-53-37/h8-12,21,29-30,33,43-44,48,50H,13-19H2,1-7H3/t21-,29?,30-,33?,41?,42+/m0/s1. The zero-order valence-corrected chi connectivity index (χ0v) is 33.5. The number of para-hydroxylation sites is 1. The number of phenols is 1. The molecule has 4 N–H and O–H groups in total. The summed E-state index contributed by atoms with van der Waals surface area (Å²) in [5.74, 6) is 1.55. The van der Waals surface area contributed by atoms with E-state index in [2.05, 4.69) is 33.1 Å². The molecule has 6 aliphatic heterocycles. The van der Waals surface area contributed by atoms with Crippen molar-refractivity contribution in [3.63, 3.8) is 0 Å². The van der Waals surface area contributed by atoms with Crippen molar-refractivity contribution in [2.24, 2.45) is 0 Å². The van der Waals surface area contributed by atoms with Gasteiger partial charge in [-0.25, -0.2) is 4.79 Å². The third kappa shape index (κ3) is 5.36. The largest absolute Gasteiger partial charge is 0.504 e. The Morgan fingerprint density at radius 2 is 1.84 bits per heavy atom. The summed E-state index contributed by atoms with van der Waals surface area (Å²) in [6.45, 7) is 9.00. The van der Waals surface area contributed by atoms with Crippen LogP contribution in [0.3, 0.4) is 0 Å². The Bertz CT molecular complexity index is 2310. The summed E-state index contributed by atoms with van der Waals surface area (Å²) < 4.78 is 30.5. The number of esters is 2. The molecule has 7 heterocycles. The van der Waals surface area contributed by atoms with Crippen molar-refractivity contribution in [3.05, 3.63) is 75.0 Å². The van der Waals surface area contributed by atoms with Gasteiger partial charge in [-0.1, -0.05) is 24.3 Å². The van der Waals surface area contributed by atoms with Crippen LogP contribution in [0.15, 0.2) is 30.3 Å². The molecule has 1 aromatic heterocycles. The van der Waals surface area contributed by atoms with Crippen molar-refractivity contribution in [3.8, 4) is 28.7 Å². The topological polar surface area (TPSA) is 155 Å². The number of carbonyl (C=O) groups excluding carboxylic acids is 2. The quantitative estimate of drug-likeness (QED) is 0.166. The van der Waals surface area contributed by atoms with Gasteiger partial charge in [0.15, 0.2) is 28.5 Å². The molecule has 6 atom stereocenters. The number of aromatic nitrogens is 1. The highest BCUT2D eigenvalue weighted by Gasteiger charge is 2.58. The summed E-state index contributed by atoms with van der Waals surface area (Å²) in [7, 11) is 3.52. The maximum Gasteiger partial charge on any atom is 0.333 e. The van der Waals surface area contributed by atoms with Crippen LogP contribution in [-0.2, 0) is 32.7 Å². The summed E-state index contributed by atoms with van der Waals surface area (Å²) in [6.07, 6.45) is 0.913. The number of aryl methyl sites for hydroxylation is 1. The molecule has 3 unspecified atom stereocenters. The molecule has 2 bridgehead atoms. The predicted molar refractivity (Wildman–Crippen MR) is 210 cm³/mol. The van der Waals surface area contributed by atoms with E-state index in [0.29, 0.717) is 56.8 Å². The number of rotatable bonds is 3. The molecule has 6 aliphatic rings. The number of aromatic hydroxyl groups is 1. The highest BCUT2D eigenvalue weighted by Crippen LogP contribution is 2.57. The minimum Gasteiger partial charge on any atom is -0.504 e. The first kappa shape index (κ1) is 37.1. The van der Waals surface area contributed by atoms with Crippen molar-refractivity contribution in [1.82, 2.24) is 20.1 Å². The molecular formula is C42H48N4O9S. The molecule has 0 aliphatic carbocycles. The van der Waals surface area contributed by atoms with E-state index in [-0.39, 0.29) is 38.2 Å². The monoisotopic (exact) mass is 784 g/mol. The van der Waals surface area contributed by atoms with Gasteiger partial charge in [-0.2, -0.15) is 11.8 Å². The first-order valence-corrected chi connectivity index (χ1v) is 20.3. The van der Waals surface area contributed by atoms with Gasteiger partial charge in [0.1, 0.15) is 18.1 Å². The Hall–Kier alpha value is -4.47. The number of benzene rings is 3. The van der Waals surface area contributed by atoms with E-state index in [1.54, 1.807) is 18.9 Å². The number of methoxy groups -OCH3 is 1. The molecule has 13 nitrogen and oxygen atoms in total. The van der Waals surface area contributed by atoms with Crippen molar-refractivity contribution >= 4 is 34.6 Å². The molecule has 2 fully saturated rings. The van der Waals surface area contributed by atoms with Gasteiger partial charge < -0.3 is 38.9 Å². The number of H-pyrrole nitrogens is 1. The average molecular weight is 785 g/mol. The molecule has 0 amide bonds. The van der Waals surface area contributed by atoms with E-state index in [1.807, 2.05) is 52.1 Å². The molecule has 2 saturated heterocycles. The number of hydrogen-bond donors (Lipinski definition) is 4. The summed E-state index contributed by atoms with van der Waals surface area (Å²) >= 11 is 1.61. The number of cyclic esters (lactones) is 1. The van der Waals surface area contributed by atoms with Crippen LogP contribution in [0.25, 0.3) is 10.9 Å². The molecule has 4 aromatic rings. The van der Waals surface area contributed by atoms with Gasteiger partial charge in [-0.3, -0.25) is 19.9 Å². The number of aliphatic hydroxyl groups is 1. The molecule has 14 heteroatoms. The molecule has 1 spiro atoms. The van der Waals surface area contributed by atoms with Crippen molar-refractivity contribution in [1.29, 1.82) is 0 Å². The van der Waals surface area contributed by atoms with Crippen LogP contribution >= 0.6 is 11.8 Å². The molecule has 296 valence electrons. The van der Waals surface area contributed by atoms with Crippen molar-refractivity contribution in [2.75, 3.05) is 45.6 Å². The highest BCUT2D eigenvalue weighted by molar-refractivity contribution is 7.99. The molecular weight excluding hydrogens is 737 g/mol. The number of nitrogens with one attached hydrogen (secondary N) is 2. The van der Waals surface area contributed by atoms with E-state index >= 15 is 4.79 Å². The molecule has 0 radical (unpaired) electrons. The van der Waals surface area contributed by atoms with E-state index in [0.717, 1.165) is 39.7 Å². The van der Waals surface area contributed by atoms with Crippen LogP contribution in [-0.4, -0.2) is 100 Å². The molecule has 3 aromatic carbocycles. The number of nitrogens with zero attached hydrogens (tertiary/aromatic N) is 2. The Balaban J connectivity index is 1.27. The zero-order valence-electron chi connectivity index (χ0n) is 32.7. The summed E-state index contributed by atoms with van der Waals surface area (Å²) in [5.41, 5.74) is 4.20. The minimum atomic E-state index is -1.52. The van der Waals surface area contributed by atoms with Gasteiger partial charge in [0.2, 0.25) is 6.79 Å². The van der Waals surface area contributed by atoms with Gasteiger partial charge >= 0.3 is 11.9 Å². The average Bonchev–Trinajstić information content (AvgIpc) is 3.73. The van der Waals surface area contributed by atoms with E-state index in [1.165, 1.54) is 6.92 Å². The van der Waals surface area contributed by atoms with Gasteiger partial charge in [-0.05, 0) is 63.9 Å². The lowest BCUT2D eigenvalue weighted by molar-refractivity contribution is -0.207. The Morgan fingerprint density at radius 1 is 1.07 bits per heavy atom. The van der Waals surface area contributed by atoms with Crippen LogP contribution in [0, 0.1) is 20.8 Å². The summed E-state index contributed by atoms with van der Waals surface area (Å²) in [6, 6.07) is 8.41. The van der Waals surface area contributed by atoms with Crippen LogP contribution in [0.5, 0.6) is 28.7 Å². The molecule has 0 saturated carbocycles. The zero-order chi connectivity index (χ0) is 39.4. The molecule has 56 heavy (non-hydrogen) atoms. The number of carbonyl (C=O) groups is 2. The second-order valence-corrected chi connectivity index (χ2v) is 17.1. The van der Waals surface area contributed by atoms with E-state index in [9.17, 15) is 15.0 Å². The Kier molecular flexibility index (Phi) is 8.82. The van der Waals surface area contributed by atoms with Crippen LogP contribution in [0.2, 0.25) is 0 Å². The fourth-order valence-electron chi connectivity index (χ4n) is 10.5. The van der Waals surface area contributed by atoms with Crippen molar-refractivity contribution in [2.45, 2.75) is 82.9 Å². The van der Waals surface area contributed by atoms with E-state index in [4.69, 9.17) is 23.7 Å². The fraction of sp³-hybridized carbons (Fsp3) is 0.476. The lowest BCUT2D eigenvalue weighted by Gasteiger charge is -2.56. The number of likely N-dealkylation sites (N-methyl/N-ethyl adjacent to an activating group) is 1. The number of phenolic OH excluding ortho intramolecular Hbond substituents is 1. The van der Waals surface area contributed by atoms with Crippen LogP contribution < -0.4 is 24.3 Å². The number of thioether (sulfide) groups is 1. The smallest absolute Gasteiger partial charge is 0.333 e. The second-order valence-electron chi connectivity index (χ2n) is 16.1. The third-order valence-electron chi connectivity index (χ3n) is 12.5. The molecule has 10 rings (SSSR count). The Labute approximate surface area is 329 Å². The van der Waals surface area contributed by atoms with Crippen molar-refractivity contribution < 1.29 is 43.5 Å². The number of fused-ring (bicyclic) bond motifs is 6. The lowest BCUT2D eigenvalue weighted by atomic mass is 9.85. The third-order valence-corrected chi connectivity index (χ3v) is 13.7. The highest BCUT2D eigenvalue weighted by atomic mass is 32.2. The summed E-state index contributed by atoms with van der Waals surface area (Å²) in [4.78, 5) is 35.3. The summed E-state index contributed by atoms with van der Waals surface area (Å²) in [5, 5.41) is 30.0. The van der Waals surface area contributed by atoms with Crippen LogP contribution in [0.1, 0.15) is 70.6 Å². The predicted octanol–water partition coefficient (Wildman–Crippen LogP) is 4.82. The van der Waals surface area contributed by atoms with E-state index < -0.39 is 41.3 Å². The maximum atomic E-state index is 15.0. The minimum absolute atomic E-state index is 0.0372. The number of ether oxygens (including phenoxy) is 5. The number of piperazine rings is 1. The maximum absolute atomic E-state index is 15.0. The SMILES string of the molecule is COc1c(C)cc2c(c1O)C1[C@@H]3CSC[C@]4(N[C@@H](C)Cc5c4[nH]c4ccccc54)C(=O)OCC(c4c(C)c(OC(C)=O)c(C)c5c4OCO5)N3C(O)(C2)CN1C. The fourth-order valence-corrected chi connectivity index (χ4v) is 11.9. The van der Waals surface area contributed by atoms with Gasteiger partial charge in [-0.15, -0.1) is 0 Å². The van der Waals surface area contributed by atoms with Gasteiger partial charge in [0.25, 0.3) is 0 Å².